The van der Waals surface area contributed by atoms with Crippen LogP contribution in [0.5, 0.6) is 0 Å². The largest absolute Gasteiger partial charge is 0.325 e. The molecule has 0 aliphatic carbocycles. The van der Waals surface area contributed by atoms with Crippen LogP contribution in [0.3, 0.4) is 0 Å². The molecule has 41 heavy (non-hydrogen) atoms. The smallest absolute Gasteiger partial charge is 0.272 e. The molecule has 0 unspecified atom stereocenters. The van der Waals surface area contributed by atoms with Gasteiger partial charge in [-0.2, -0.15) is 0 Å². The monoisotopic (exact) mass is 558 g/mol. The molecule has 8 heteroatoms. The molecule has 0 fully saturated rings. The Morgan fingerprint density at radius 1 is 0.732 bits per heavy atom. The third-order valence-electron chi connectivity index (χ3n) is 6.02. The van der Waals surface area contributed by atoms with Crippen LogP contribution in [0, 0.1) is 0 Å². The highest BCUT2D eigenvalue weighted by Gasteiger charge is 2.15. The average Bonchev–Trinajstić information content (AvgIpc) is 3.01. The Hall–Kier alpha value is -5.21. The molecular formula is C33H26N4O3S. The summed E-state index contributed by atoms with van der Waals surface area (Å²) >= 11 is 1.36. The number of nitrogens with zero attached hydrogens (tertiary/aromatic N) is 1. The van der Waals surface area contributed by atoms with E-state index in [1.165, 1.54) is 11.8 Å². The molecule has 0 aliphatic heterocycles. The Morgan fingerprint density at radius 2 is 1.51 bits per heavy atom. The van der Waals surface area contributed by atoms with Crippen LogP contribution in [0.25, 0.3) is 16.8 Å². The maximum atomic E-state index is 13.3. The van der Waals surface area contributed by atoms with Crippen molar-refractivity contribution < 1.29 is 14.4 Å². The van der Waals surface area contributed by atoms with E-state index in [1.807, 2.05) is 54.6 Å². The van der Waals surface area contributed by atoms with Gasteiger partial charge in [-0.15, -0.1) is 11.8 Å². The Balaban J connectivity index is 1.24. The zero-order chi connectivity index (χ0) is 28.4. The van der Waals surface area contributed by atoms with Crippen molar-refractivity contribution >= 4 is 57.7 Å². The van der Waals surface area contributed by atoms with E-state index in [0.29, 0.717) is 16.8 Å². The van der Waals surface area contributed by atoms with Gasteiger partial charge in [0.25, 0.3) is 11.8 Å². The van der Waals surface area contributed by atoms with Gasteiger partial charge < -0.3 is 16.0 Å². The van der Waals surface area contributed by atoms with Gasteiger partial charge in [-0.1, -0.05) is 60.7 Å². The molecule has 0 saturated heterocycles. The van der Waals surface area contributed by atoms with Crippen LogP contribution in [0.1, 0.15) is 15.9 Å². The minimum atomic E-state index is -0.491. The molecule has 7 nitrogen and oxygen atoms in total. The number of carbonyl (C=O) groups is 3. The van der Waals surface area contributed by atoms with E-state index >= 15 is 0 Å². The van der Waals surface area contributed by atoms with Gasteiger partial charge in [0, 0.05) is 34.2 Å². The summed E-state index contributed by atoms with van der Waals surface area (Å²) in [6.45, 7) is 0. The highest BCUT2D eigenvalue weighted by Crippen LogP contribution is 2.23. The zero-order valence-corrected chi connectivity index (χ0v) is 22.7. The molecule has 1 heterocycles. The lowest BCUT2D eigenvalue weighted by Gasteiger charge is -2.12. The number of rotatable bonds is 9. The van der Waals surface area contributed by atoms with E-state index in [9.17, 15) is 14.4 Å². The quantitative estimate of drug-likeness (QED) is 0.144. The fourth-order valence-electron chi connectivity index (χ4n) is 4.05. The van der Waals surface area contributed by atoms with E-state index in [0.717, 1.165) is 21.4 Å². The standard InChI is InChI=1S/C33H26N4O3S/c38-31(35-28-16-15-24-9-4-5-12-26(24)19-28)22-41-29-14-6-13-27(20-29)36-33(40)30(18-23-8-7-17-34-21-23)37-32(39)25-10-2-1-3-11-25/h1-21H,22H2,(H,35,38)(H,36,40)(H,37,39)/b30-18-. The van der Waals surface area contributed by atoms with Crippen LogP contribution in [-0.4, -0.2) is 28.5 Å². The topological polar surface area (TPSA) is 100 Å². The molecule has 1 aromatic heterocycles. The van der Waals surface area contributed by atoms with Gasteiger partial charge in [0.05, 0.1) is 5.75 Å². The molecule has 0 spiro atoms. The number of pyridine rings is 1. The van der Waals surface area contributed by atoms with Crippen molar-refractivity contribution in [1.82, 2.24) is 10.3 Å². The summed E-state index contributed by atoms with van der Waals surface area (Å²) in [4.78, 5) is 43.6. The Kier molecular flexibility index (Phi) is 8.83. The number of benzene rings is 4. The first kappa shape index (κ1) is 27.4. The summed E-state index contributed by atoms with van der Waals surface area (Å²) < 4.78 is 0. The van der Waals surface area contributed by atoms with Crippen LogP contribution in [0.4, 0.5) is 11.4 Å². The van der Waals surface area contributed by atoms with Crippen molar-refractivity contribution in [3.63, 3.8) is 0 Å². The Labute approximate surface area is 241 Å². The normalized spacial score (nSPS) is 11.1. The summed E-state index contributed by atoms with van der Waals surface area (Å²) in [6.07, 6.45) is 4.80. The SMILES string of the molecule is O=C(CSc1cccc(NC(=O)/C(=C/c2cccnc2)NC(=O)c2ccccc2)c1)Nc1ccc2ccccc2c1. The molecule has 4 aromatic carbocycles. The highest BCUT2D eigenvalue weighted by molar-refractivity contribution is 8.00. The molecule has 5 aromatic rings. The van der Waals surface area contributed by atoms with Crippen molar-refractivity contribution in [1.29, 1.82) is 0 Å². The third kappa shape index (κ3) is 7.68. The first-order chi connectivity index (χ1) is 20.0. The molecule has 202 valence electrons. The van der Waals surface area contributed by atoms with Gasteiger partial charge in [-0.05, 0) is 70.9 Å². The summed E-state index contributed by atoms with van der Waals surface area (Å²) in [5.41, 5.74) is 2.42. The van der Waals surface area contributed by atoms with E-state index in [1.54, 1.807) is 73.1 Å². The lowest BCUT2D eigenvalue weighted by Crippen LogP contribution is -2.30. The first-order valence-electron chi connectivity index (χ1n) is 12.8. The minimum absolute atomic E-state index is 0.0691. The summed E-state index contributed by atoms with van der Waals surface area (Å²) in [5, 5.41) is 10.7. The molecular weight excluding hydrogens is 532 g/mol. The van der Waals surface area contributed by atoms with E-state index in [4.69, 9.17) is 0 Å². The average molecular weight is 559 g/mol. The van der Waals surface area contributed by atoms with Crippen molar-refractivity contribution in [2.24, 2.45) is 0 Å². The molecule has 5 rings (SSSR count). The number of fused-ring (bicyclic) bond motifs is 1. The number of nitrogens with one attached hydrogen (secondary N) is 3. The lowest BCUT2D eigenvalue weighted by atomic mass is 10.1. The number of anilines is 2. The number of carbonyl (C=O) groups excluding carboxylic acids is 3. The Morgan fingerprint density at radius 3 is 2.32 bits per heavy atom. The van der Waals surface area contributed by atoms with Crippen LogP contribution < -0.4 is 16.0 Å². The second-order valence-electron chi connectivity index (χ2n) is 9.05. The molecule has 3 amide bonds. The lowest BCUT2D eigenvalue weighted by molar-refractivity contribution is -0.114. The predicted molar refractivity (Wildman–Crippen MR) is 164 cm³/mol. The van der Waals surface area contributed by atoms with Gasteiger partial charge in [0.15, 0.2) is 0 Å². The first-order valence-corrected chi connectivity index (χ1v) is 13.8. The molecule has 3 N–H and O–H groups in total. The molecule has 0 atom stereocenters. The van der Waals surface area contributed by atoms with Crippen LogP contribution in [0.15, 0.2) is 132 Å². The maximum Gasteiger partial charge on any atom is 0.272 e. The summed E-state index contributed by atoms with van der Waals surface area (Å²) in [6, 6.07) is 33.2. The summed E-state index contributed by atoms with van der Waals surface area (Å²) in [7, 11) is 0. The number of aromatic nitrogens is 1. The van der Waals surface area contributed by atoms with Gasteiger partial charge >= 0.3 is 0 Å². The van der Waals surface area contributed by atoms with Gasteiger partial charge in [0.2, 0.25) is 5.91 Å². The zero-order valence-electron chi connectivity index (χ0n) is 21.9. The summed E-state index contributed by atoms with van der Waals surface area (Å²) in [5.74, 6) is -0.833. The third-order valence-corrected chi connectivity index (χ3v) is 7.01. The van der Waals surface area contributed by atoms with Gasteiger partial charge in [-0.3, -0.25) is 19.4 Å². The van der Waals surface area contributed by atoms with E-state index < -0.39 is 11.8 Å². The van der Waals surface area contributed by atoms with Crippen molar-refractivity contribution in [2.75, 3.05) is 16.4 Å². The number of hydrogen-bond donors (Lipinski definition) is 3. The van der Waals surface area contributed by atoms with Crippen LogP contribution in [-0.2, 0) is 9.59 Å². The van der Waals surface area contributed by atoms with Crippen LogP contribution in [0.2, 0.25) is 0 Å². The molecule has 0 bridgehead atoms. The second-order valence-corrected chi connectivity index (χ2v) is 10.1. The fraction of sp³-hybridized carbons (Fsp3) is 0.0303. The van der Waals surface area contributed by atoms with E-state index in [-0.39, 0.29) is 17.4 Å². The molecule has 0 saturated carbocycles. The minimum Gasteiger partial charge on any atom is -0.325 e. The molecule has 0 aliphatic rings. The van der Waals surface area contributed by atoms with E-state index in [2.05, 4.69) is 20.9 Å². The van der Waals surface area contributed by atoms with Crippen molar-refractivity contribution in [3.8, 4) is 0 Å². The fourth-order valence-corrected chi connectivity index (χ4v) is 4.80. The highest BCUT2D eigenvalue weighted by atomic mass is 32.2. The molecule has 0 radical (unpaired) electrons. The maximum absolute atomic E-state index is 13.3. The predicted octanol–water partition coefficient (Wildman–Crippen LogP) is 6.38. The van der Waals surface area contributed by atoms with Crippen molar-refractivity contribution in [3.05, 3.63) is 138 Å². The van der Waals surface area contributed by atoms with Gasteiger partial charge in [-0.25, -0.2) is 0 Å². The second kappa shape index (κ2) is 13.2. The van der Waals surface area contributed by atoms with Gasteiger partial charge in [0.1, 0.15) is 5.70 Å². The number of amides is 3. The number of hydrogen-bond acceptors (Lipinski definition) is 5. The van der Waals surface area contributed by atoms with Crippen molar-refractivity contribution in [2.45, 2.75) is 4.90 Å². The van der Waals surface area contributed by atoms with Crippen LogP contribution >= 0.6 is 11.8 Å². The Bertz CT molecular complexity index is 1720. The number of thioether (sulfide) groups is 1.